The van der Waals surface area contributed by atoms with Gasteiger partial charge >= 0.3 is 0 Å². The fourth-order valence-corrected chi connectivity index (χ4v) is 10.6. The fraction of sp³-hybridized carbons (Fsp3) is 0.680. The number of nitrogens with zero attached hydrogens (tertiary/aromatic N) is 1. The van der Waals surface area contributed by atoms with Crippen LogP contribution in [-0.4, -0.2) is 29.5 Å². The van der Waals surface area contributed by atoms with Crippen LogP contribution < -0.4 is 9.64 Å². The first-order valence-electron chi connectivity index (χ1n) is 11.3. The SMILES string of the molecule is COc1cc(N(C)C)ccc1[C@H]1C=C(O[Si](C(C)C)(C(C)C)C(C)C)CC[C@@H]1C. The normalized spacial score (nSPS) is 20.2. The minimum atomic E-state index is -1.92. The predicted molar refractivity (Wildman–Crippen MR) is 129 cm³/mol. The number of allylic oxidation sites excluding steroid dienone is 2. The number of hydrogen-bond acceptors (Lipinski definition) is 3. The highest BCUT2D eigenvalue weighted by Gasteiger charge is 2.47. The Hall–Kier alpha value is -1.42. The van der Waals surface area contributed by atoms with E-state index in [1.807, 2.05) is 0 Å². The van der Waals surface area contributed by atoms with Crippen LogP contribution in [0.5, 0.6) is 5.75 Å². The van der Waals surface area contributed by atoms with Crippen molar-refractivity contribution in [1.29, 1.82) is 0 Å². The molecule has 0 bridgehead atoms. The van der Waals surface area contributed by atoms with Gasteiger partial charge in [0, 0.05) is 43.8 Å². The van der Waals surface area contributed by atoms with Crippen LogP contribution >= 0.6 is 0 Å². The maximum absolute atomic E-state index is 7.05. The summed E-state index contributed by atoms with van der Waals surface area (Å²) in [5.41, 5.74) is 4.22. The molecule has 4 heteroatoms. The zero-order valence-electron chi connectivity index (χ0n) is 20.4. The summed E-state index contributed by atoms with van der Waals surface area (Å²) in [4.78, 5) is 2.12. The third-order valence-corrected chi connectivity index (χ3v) is 13.0. The van der Waals surface area contributed by atoms with Crippen molar-refractivity contribution in [1.82, 2.24) is 0 Å². The summed E-state index contributed by atoms with van der Waals surface area (Å²) >= 11 is 0. The zero-order valence-corrected chi connectivity index (χ0v) is 21.4. The lowest BCUT2D eigenvalue weighted by Crippen LogP contribution is -2.47. The van der Waals surface area contributed by atoms with Gasteiger partial charge in [0.15, 0.2) is 0 Å². The Morgan fingerprint density at radius 1 is 1.00 bits per heavy atom. The highest BCUT2D eigenvalue weighted by atomic mass is 28.4. The van der Waals surface area contributed by atoms with E-state index in [0.717, 1.165) is 18.6 Å². The molecule has 0 aliphatic heterocycles. The lowest BCUT2D eigenvalue weighted by molar-refractivity contribution is 0.310. The molecule has 1 aliphatic carbocycles. The third kappa shape index (κ3) is 4.84. The zero-order chi connectivity index (χ0) is 21.9. The number of rotatable bonds is 8. The first kappa shape index (κ1) is 23.9. The Morgan fingerprint density at radius 2 is 1.59 bits per heavy atom. The fourth-order valence-electron chi connectivity index (χ4n) is 5.31. The first-order valence-corrected chi connectivity index (χ1v) is 13.4. The van der Waals surface area contributed by atoms with Gasteiger partial charge in [-0.2, -0.15) is 0 Å². The number of benzene rings is 1. The first-order chi connectivity index (χ1) is 13.5. The molecule has 0 aromatic heterocycles. The van der Waals surface area contributed by atoms with Crippen molar-refractivity contribution in [3.63, 3.8) is 0 Å². The molecular weight excluding hydrogens is 374 g/mol. The summed E-state index contributed by atoms with van der Waals surface area (Å²) < 4.78 is 12.9. The molecule has 0 amide bonds. The van der Waals surface area contributed by atoms with Gasteiger partial charge in [0.1, 0.15) is 5.75 Å². The molecule has 164 valence electrons. The van der Waals surface area contributed by atoms with E-state index in [-0.39, 0.29) is 0 Å². The maximum Gasteiger partial charge on any atom is 0.258 e. The molecule has 2 atom stereocenters. The topological polar surface area (TPSA) is 21.7 Å². The maximum atomic E-state index is 7.05. The van der Waals surface area contributed by atoms with Gasteiger partial charge in [0.05, 0.1) is 12.9 Å². The van der Waals surface area contributed by atoms with E-state index in [2.05, 4.69) is 91.7 Å². The Balaban J connectivity index is 2.44. The second kappa shape index (κ2) is 9.59. The minimum Gasteiger partial charge on any atom is -0.546 e. The molecule has 0 unspecified atom stereocenters. The second-order valence-electron chi connectivity index (χ2n) is 9.92. The Kier molecular flexibility index (Phi) is 7.89. The van der Waals surface area contributed by atoms with Gasteiger partial charge in [-0.25, -0.2) is 0 Å². The summed E-state index contributed by atoms with van der Waals surface area (Å²) in [6, 6.07) is 6.59. The van der Waals surface area contributed by atoms with Crippen molar-refractivity contribution in [2.45, 2.75) is 83.8 Å². The van der Waals surface area contributed by atoms with Crippen molar-refractivity contribution < 1.29 is 9.16 Å². The lowest BCUT2D eigenvalue weighted by Gasteiger charge is -2.44. The molecule has 29 heavy (non-hydrogen) atoms. The lowest BCUT2D eigenvalue weighted by atomic mass is 9.79. The highest BCUT2D eigenvalue weighted by molar-refractivity contribution is 6.77. The molecule has 0 heterocycles. The summed E-state index contributed by atoms with van der Waals surface area (Å²) in [6.07, 6.45) is 4.63. The van der Waals surface area contributed by atoms with Crippen LogP contribution in [0.4, 0.5) is 5.69 Å². The Labute approximate surface area is 180 Å². The Morgan fingerprint density at radius 3 is 2.07 bits per heavy atom. The largest absolute Gasteiger partial charge is 0.546 e. The molecule has 1 aromatic carbocycles. The van der Waals surface area contributed by atoms with Crippen molar-refractivity contribution in [2.75, 3.05) is 26.1 Å². The van der Waals surface area contributed by atoms with E-state index in [0.29, 0.717) is 28.5 Å². The summed E-state index contributed by atoms with van der Waals surface area (Å²) in [6.45, 7) is 16.5. The van der Waals surface area contributed by atoms with E-state index < -0.39 is 8.32 Å². The van der Waals surface area contributed by atoms with Crippen molar-refractivity contribution in [3.05, 3.63) is 35.6 Å². The van der Waals surface area contributed by atoms with Gasteiger partial charge in [-0.15, -0.1) is 0 Å². The number of methoxy groups -OCH3 is 1. The number of anilines is 1. The smallest absolute Gasteiger partial charge is 0.258 e. The summed E-state index contributed by atoms with van der Waals surface area (Å²) in [5.74, 6) is 3.11. The van der Waals surface area contributed by atoms with Crippen LogP contribution in [0.2, 0.25) is 16.6 Å². The van der Waals surface area contributed by atoms with Crippen LogP contribution in [0.1, 0.15) is 72.8 Å². The van der Waals surface area contributed by atoms with Gasteiger partial charge in [-0.3, -0.25) is 0 Å². The van der Waals surface area contributed by atoms with E-state index >= 15 is 0 Å². The number of hydrogen-bond donors (Lipinski definition) is 0. The molecule has 1 aromatic rings. The average molecular weight is 418 g/mol. The van der Waals surface area contributed by atoms with Gasteiger partial charge in [-0.05, 0) is 41.1 Å². The Bertz CT molecular complexity index is 687. The molecular formula is C25H43NO2Si. The van der Waals surface area contributed by atoms with Gasteiger partial charge in [-0.1, -0.05) is 54.5 Å². The summed E-state index contributed by atoms with van der Waals surface area (Å²) in [7, 11) is 3.99. The van der Waals surface area contributed by atoms with Crippen LogP contribution in [0.3, 0.4) is 0 Å². The van der Waals surface area contributed by atoms with Crippen LogP contribution in [0.25, 0.3) is 0 Å². The van der Waals surface area contributed by atoms with E-state index in [1.54, 1.807) is 7.11 Å². The van der Waals surface area contributed by atoms with Gasteiger partial charge in [0.2, 0.25) is 0 Å². The summed E-state index contributed by atoms with van der Waals surface area (Å²) in [5, 5.41) is 0. The number of ether oxygens (including phenoxy) is 1. The third-order valence-electron chi connectivity index (χ3n) is 6.93. The molecule has 0 saturated heterocycles. The minimum absolute atomic E-state index is 0.336. The van der Waals surface area contributed by atoms with E-state index in [9.17, 15) is 0 Å². The molecule has 1 aliphatic rings. The molecule has 2 rings (SSSR count). The molecule has 0 spiro atoms. The average Bonchev–Trinajstić information content (AvgIpc) is 2.65. The van der Waals surface area contributed by atoms with Crippen LogP contribution in [0, 0.1) is 5.92 Å². The molecule has 0 radical (unpaired) electrons. The second-order valence-corrected chi connectivity index (χ2v) is 15.3. The molecule has 0 fully saturated rings. The van der Waals surface area contributed by atoms with E-state index in [4.69, 9.17) is 9.16 Å². The molecule has 0 saturated carbocycles. The van der Waals surface area contributed by atoms with Crippen molar-refractivity contribution >= 4 is 14.0 Å². The van der Waals surface area contributed by atoms with Crippen molar-refractivity contribution in [2.24, 2.45) is 5.92 Å². The van der Waals surface area contributed by atoms with Crippen LogP contribution in [-0.2, 0) is 4.43 Å². The monoisotopic (exact) mass is 417 g/mol. The van der Waals surface area contributed by atoms with Crippen molar-refractivity contribution in [3.8, 4) is 5.75 Å². The van der Waals surface area contributed by atoms with Gasteiger partial charge < -0.3 is 14.1 Å². The quantitative estimate of drug-likeness (QED) is 0.413. The van der Waals surface area contributed by atoms with Crippen LogP contribution in [0.15, 0.2) is 30.0 Å². The highest BCUT2D eigenvalue weighted by Crippen LogP contribution is 2.47. The van der Waals surface area contributed by atoms with E-state index in [1.165, 1.54) is 17.0 Å². The molecule has 0 N–H and O–H groups in total. The molecule has 3 nitrogen and oxygen atoms in total. The predicted octanol–water partition coefficient (Wildman–Crippen LogP) is 7.35. The standard InChI is InChI=1S/C25H43NO2Si/c1-17(2)29(18(3)4,19(5)6)28-22-13-11-20(7)24(16-22)23-14-12-21(26(8)9)15-25(23)27-10/h12,14-20,24H,11,13H2,1-10H3/t20-,24-/m0/s1. The van der Waals surface area contributed by atoms with Gasteiger partial charge in [0.25, 0.3) is 8.32 Å².